The number of hydrogen-bond donors (Lipinski definition) is 0. The Labute approximate surface area is 230 Å². The average Bonchev–Trinajstić information content (AvgIpc) is 3.72. The first-order valence-corrected chi connectivity index (χ1v) is 12.2. The van der Waals surface area contributed by atoms with E-state index in [1.807, 2.05) is 0 Å². The van der Waals surface area contributed by atoms with Gasteiger partial charge in [0.2, 0.25) is 11.8 Å². The fourth-order valence-electron chi connectivity index (χ4n) is 4.35. The predicted molar refractivity (Wildman–Crippen MR) is 144 cm³/mol. The van der Waals surface area contributed by atoms with Crippen LogP contribution in [0.15, 0.2) is 88.7 Å². The molecule has 0 aliphatic rings. The van der Waals surface area contributed by atoms with E-state index in [-0.39, 0.29) is 45.4 Å². The van der Waals surface area contributed by atoms with E-state index in [1.54, 1.807) is 48.5 Å². The average molecular weight is 573 g/mol. The van der Waals surface area contributed by atoms with Gasteiger partial charge in [-0.2, -0.15) is 9.13 Å². The Morgan fingerprint density at radius 1 is 0.500 bits per heavy atom. The van der Waals surface area contributed by atoms with E-state index in [0.29, 0.717) is 30.3 Å². The van der Waals surface area contributed by atoms with Crippen LogP contribution < -0.4 is 22.2 Å². The van der Waals surface area contributed by atoms with Crippen LogP contribution in [0, 0.1) is 0 Å². The van der Waals surface area contributed by atoms with E-state index in [1.165, 1.54) is 12.1 Å². The van der Waals surface area contributed by atoms with Gasteiger partial charge in [-0.3, -0.25) is 19.2 Å². The minimum absolute atomic E-state index is 0.0595. The van der Waals surface area contributed by atoms with Gasteiger partial charge >= 0.3 is 12.0 Å². The fraction of sp³-hybridized carbons (Fsp3) is 0. The summed E-state index contributed by atoms with van der Waals surface area (Å²) >= 11 is 11.8. The third-order valence-corrected chi connectivity index (χ3v) is 6.79. The van der Waals surface area contributed by atoms with Crippen LogP contribution >= 0.6 is 23.2 Å². The van der Waals surface area contributed by atoms with Gasteiger partial charge in [0.05, 0.1) is 21.5 Å². The van der Waals surface area contributed by atoms with E-state index in [0.717, 1.165) is 0 Å². The van der Waals surface area contributed by atoms with Gasteiger partial charge in [-0.05, 0) is 60.7 Å². The number of halogens is 2. The molecular weight excluding hydrogens is 563 g/mol. The Bertz CT molecular complexity index is 2080. The van der Waals surface area contributed by atoms with Gasteiger partial charge in [-0.1, -0.05) is 33.4 Å². The zero-order chi connectivity index (χ0) is 27.7. The lowest BCUT2D eigenvalue weighted by Gasteiger charge is -1.94. The van der Waals surface area contributed by atoms with Gasteiger partial charge < -0.3 is 8.83 Å². The molecule has 0 unspecified atom stereocenters. The van der Waals surface area contributed by atoms with Crippen LogP contribution in [-0.4, -0.2) is 29.5 Å². The minimum Gasteiger partial charge on any atom is -0.403 e. The van der Waals surface area contributed by atoms with E-state index in [9.17, 15) is 19.2 Å². The lowest BCUT2D eigenvalue weighted by Crippen LogP contribution is -2.24. The third-order valence-electron chi connectivity index (χ3n) is 6.29. The van der Waals surface area contributed by atoms with Crippen molar-refractivity contribution in [2.45, 2.75) is 0 Å². The molecule has 14 heteroatoms. The van der Waals surface area contributed by atoms with Crippen LogP contribution in [-0.2, 0) is 0 Å². The number of fused-ring (bicyclic) bond motifs is 2. The van der Waals surface area contributed by atoms with Crippen LogP contribution in [0.4, 0.5) is 0 Å². The molecule has 0 aliphatic heterocycles. The molecule has 0 atom stereocenters. The number of aromatic nitrogens is 6. The molecule has 0 bridgehead atoms. The standard InChI is InChI=1S/C26H10Cl2N6O6/c27-13-5-1-11(2-6-13)19-29-31-25(39-19)33-21(35)15-9-17-18(10-16(15)22(33)36)24(38)34(23(17)37)26-32-30-20(40-26)12-3-7-14(28)8-4-12/h1-10H. The van der Waals surface area contributed by atoms with Crippen molar-refractivity contribution >= 4 is 44.7 Å². The number of benzene rings is 3. The Balaban J connectivity index is 1.35. The van der Waals surface area contributed by atoms with Crippen LogP contribution in [0.2, 0.25) is 10.0 Å². The summed E-state index contributed by atoms with van der Waals surface area (Å²) in [6, 6.07) is 14.7. The first-order valence-electron chi connectivity index (χ1n) is 11.4. The van der Waals surface area contributed by atoms with Crippen molar-refractivity contribution < 1.29 is 8.83 Å². The summed E-state index contributed by atoms with van der Waals surface area (Å²) in [5, 5.41) is 16.0. The van der Waals surface area contributed by atoms with E-state index in [2.05, 4.69) is 20.4 Å². The molecule has 12 nitrogen and oxygen atoms in total. The van der Waals surface area contributed by atoms with Crippen molar-refractivity contribution in [1.82, 2.24) is 29.5 Å². The number of rotatable bonds is 4. The molecule has 0 saturated carbocycles. The Morgan fingerprint density at radius 2 is 0.825 bits per heavy atom. The van der Waals surface area contributed by atoms with Crippen molar-refractivity contribution in [1.29, 1.82) is 0 Å². The maximum absolute atomic E-state index is 13.2. The Morgan fingerprint density at radius 3 is 1.15 bits per heavy atom. The normalized spacial score (nSPS) is 11.7. The largest absolute Gasteiger partial charge is 0.403 e. The smallest absolute Gasteiger partial charge is 0.332 e. The predicted octanol–water partition coefficient (Wildman–Crippen LogP) is 3.30. The van der Waals surface area contributed by atoms with Gasteiger partial charge in [0.25, 0.3) is 22.2 Å². The highest BCUT2D eigenvalue weighted by molar-refractivity contribution is 6.30. The van der Waals surface area contributed by atoms with Crippen LogP contribution in [0.5, 0.6) is 0 Å². The molecule has 194 valence electrons. The van der Waals surface area contributed by atoms with E-state index < -0.39 is 22.2 Å². The molecule has 40 heavy (non-hydrogen) atoms. The third kappa shape index (κ3) is 3.54. The number of hydrogen-bond acceptors (Lipinski definition) is 10. The fourth-order valence-corrected chi connectivity index (χ4v) is 4.60. The van der Waals surface area contributed by atoms with E-state index in [4.69, 9.17) is 32.0 Å². The van der Waals surface area contributed by atoms with Crippen LogP contribution in [0.1, 0.15) is 0 Å². The maximum Gasteiger partial charge on any atom is 0.332 e. The molecule has 0 saturated heterocycles. The molecule has 0 radical (unpaired) electrons. The first-order chi connectivity index (χ1) is 19.3. The zero-order valence-corrected chi connectivity index (χ0v) is 21.2. The van der Waals surface area contributed by atoms with Crippen LogP contribution in [0.25, 0.3) is 56.5 Å². The topological polar surface area (TPSA) is 156 Å². The number of nitrogens with zero attached hydrogens (tertiary/aromatic N) is 6. The van der Waals surface area contributed by atoms with E-state index >= 15 is 0 Å². The molecular formula is C26H10Cl2N6O6. The quantitative estimate of drug-likeness (QED) is 0.306. The lowest BCUT2D eigenvalue weighted by molar-refractivity contribution is 0.531. The van der Waals surface area contributed by atoms with Crippen LogP contribution in [0.3, 0.4) is 0 Å². The molecule has 0 fully saturated rings. The SMILES string of the molecule is O=c1c2cc3c(=O)n(-c4nnc(-c5ccc(Cl)cc5)o4)c(=O)c3cc2c(=O)n1-c1nnc(-c2ccc(Cl)cc2)o1. The monoisotopic (exact) mass is 572 g/mol. The minimum atomic E-state index is -0.796. The van der Waals surface area contributed by atoms with Gasteiger partial charge in [-0.15, -0.1) is 10.2 Å². The summed E-state index contributed by atoms with van der Waals surface area (Å²) in [5.74, 6) is 0.119. The summed E-state index contributed by atoms with van der Waals surface area (Å²) < 4.78 is 12.5. The summed E-state index contributed by atoms with van der Waals surface area (Å²) in [6.07, 6.45) is 0. The second kappa shape index (κ2) is 8.66. The molecule has 4 aromatic heterocycles. The van der Waals surface area contributed by atoms with Crippen molar-refractivity contribution in [3.05, 3.63) is 112 Å². The summed E-state index contributed by atoms with van der Waals surface area (Å²) in [6.45, 7) is 0. The Kier molecular flexibility index (Phi) is 5.17. The van der Waals surface area contributed by atoms with Gasteiger partial charge in [-0.25, -0.2) is 0 Å². The van der Waals surface area contributed by atoms with Crippen molar-refractivity contribution in [3.8, 4) is 34.9 Å². The molecule has 4 heterocycles. The molecule has 3 aromatic carbocycles. The lowest BCUT2D eigenvalue weighted by atomic mass is 10.1. The Hall–Kier alpha value is -5.20. The maximum atomic E-state index is 13.2. The second-order valence-corrected chi connectivity index (χ2v) is 9.50. The van der Waals surface area contributed by atoms with Gasteiger partial charge in [0.1, 0.15) is 0 Å². The molecule has 7 rings (SSSR count). The van der Waals surface area contributed by atoms with Crippen molar-refractivity contribution in [3.63, 3.8) is 0 Å². The first kappa shape index (κ1) is 23.9. The second-order valence-electron chi connectivity index (χ2n) is 8.63. The van der Waals surface area contributed by atoms with Crippen molar-refractivity contribution in [2.24, 2.45) is 0 Å². The molecule has 0 spiro atoms. The van der Waals surface area contributed by atoms with Gasteiger partial charge in [0, 0.05) is 21.2 Å². The molecule has 0 N–H and O–H groups in total. The summed E-state index contributed by atoms with van der Waals surface area (Å²) in [4.78, 5) is 52.9. The van der Waals surface area contributed by atoms with Gasteiger partial charge in [0.15, 0.2) is 0 Å². The van der Waals surface area contributed by atoms with Crippen molar-refractivity contribution in [2.75, 3.05) is 0 Å². The molecule has 0 aliphatic carbocycles. The highest BCUT2D eigenvalue weighted by Crippen LogP contribution is 2.23. The highest BCUT2D eigenvalue weighted by atomic mass is 35.5. The molecule has 7 aromatic rings. The highest BCUT2D eigenvalue weighted by Gasteiger charge is 2.25. The zero-order valence-electron chi connectivity index (χ0n) is 19.7. The summed E-state index contributed by atoms with van der Waals surface area (Å²) in [5.41, 5.74) is -2.14. The molecule has 0 amide bonds. The summed E-state index contributed by atoms with van der Waals surface area (Å²) in [7, 11) is 0.